The number of aromatic nitrogens is 3. The molecule has 2 atom stereocenters. The van der Waals surface area contributed by atoms with Crippen LogP contribution in [0.15, 0.2) is 6.20 Å². The highest BCUT2D eigenvalue weighted by molar-refractivity contribution is 5.92. The molecule has 1 aromatic rings. The van der Waals surface area contributed by atoms with Crippen LogP contribution in [-0.2, 0) is 11.3 Å². The lowest BCUT2D eigenvalue weighted by molar-refractivity contribution is -0.144. The van der Waals surface area contributed by atoms with Crippen molar-refractivity contribution in [1.82, 2.24) is 19.9 Å². The van der Waals surface area contributed by atoms with E-state index >= 15 is 0 Å². The minimum Gasteiger partial charge on any atom is -0.481 e. The van der Waals surface area contributed by atoms with Crippen molar-refractivity contribution in [3.8, 4) is 0 Å². The highest BCUT2D eigenvalue weighted by Gasteiger charge is 2.36. The van der Waals surface area contributed by atoms with Crippen molar-refractivity contribution in [3.63, 3.8) is 0 Å². The highest BCUT2D eigenvalue weighted by atomic mass is 16.4. The van der Waals surface area contributed by atoms with Gasteiger partial charge in [0.2, 0.25) is 0 Å². The summed E-state index contributed by atoms with van der Waals surface area (Å²) in [6.45, 7) is 7.35. The molecule has 22 heavy (non-hydrogen) atoms. The molecule has 122 valence electrons. The Kier molecular flexibility index (Phi) is 5.15. The standard InChI is InChI=1S/C15H24N4O3/c1-10(2)6-8-18-9-13(16-17-18)14(20)19-7-4-5-12(11(19)3)15(21)22/h9-12H,4-8H2,1-3H3,(H,21,22)/t11-,12-/m0/s1. The van der Waals surface area contributed by atoms with Crippen molar-refractivity contribution in [2.45, 2.75) is 52.6 Å². The molecule has 0 spiro atoms. The molecule has 1 aromatic heterocycles. The first-order chi connectivity index (χ1) is 10.4. The summed E-state index contributed by atoms with van der Waals surface area (Å²) in [6, 6.07) is -0.320. The summed E-state index contributed by atoms with van der Waals surface area (Å²) in [5.74, 6) is -1.02. The summed E-state index contributed by atoms with van der Waals surface area (Å²) >= 11 is 0. The Hall–Kier alpha value is -1.92. The molecule has 0 aromatic carbocycles. The van der Waals surface area contributed by atoms with E-state index in [1.54, 1.807) is 22.7 Å². The van der Waals surface area contributed by atoms with Crippen LogP contribution < -0.4 is 0 Å². The van der Waals surface area contributed by atoms with Gasteiger partial charge in [0.05, 0.1) is 12.1 Å². The fraction of sp³-hybridized carbons (Fsp3) is 0.733. The molecule has 0 unspecified atom stereocenters. The van der Waals surface area contributed by atoms with E-state index in [0.29, 0.717) is 31.0 Å². The van der Waals surface area contributed by atoms with Crippen LogP contribution >= 0.6 is 0 Å². The van der Waals surface area contributed by atoms with Crippen molar-refractivity contribution < 1.29 is 14.7 Å². The van der Waals surface area contributed by atoms with Gasteiger partial charge in [0.15, 0.2) is 5.69 Å². The molecule has 7 nitrogen and oxygen atoms in total. The number of hydrogen-bond acceptors (Lipinski definition) is 4. The van der Waals surface area contributed by atoms with Crippen molar-refractivity contribution in [2.75, 3.05) is 6.54 Å². The van der Waals surface area contributed by atoms with E-state index in [1.807, 2.05) is 0 Å². The molecule has 1 N–H and O–H groups in total. The van der Waals surface area contributed by atoms with Gasteiger partial charge in [0, 0.05) is 19.1 Å². The first-order valence-corrected chi connectivity index (χ1v) is 7.84. The average molecular weight is 308 g/mol. The number of nitrogens with zero attached hydrogens (tertiary/aromatic N) is 4. The minimum atomic E-state index is -0.842. The molecular formula is C15H24N4O3. The van der Waals surface area contributed by atoms with E-state index in [4.69, 9.17) is 0 Å². The summed E-state index contributed by atoms with van der Waals surface area (Å²) in [5, 5.41) is 17.2. The Labute approximate surface area is 130 Å². The Balaban J connectivity index is 2.05. The molecule has 0 saturated carbocycles. The molecule has 1 saturated heterocycles. The van der Waals surface area contributed by atoms with Crippen molar-refractivity contribution in [3.05, 3.63) is 11.9 Å². The van der Waals surface area contributed by atoms with Crippen LogP contribution in [0.4, 0.5) is 0 Å². The lowest BCUT2D eigenvalue weighted by Crippen LogP contribution is -2.49. The van der Waals surface area contributed by atoms with Crippen LogP contribution in [0.25, 0.3) is 0 Å². The summed E-state index contributed by atoms with van der Waals surface area (Å²) in [6.07, 6.45) is 3.94. The van der Waals surface area contributed by atoms with E-state index in [0.717, 1.165) is 13.0 Å². The SMILES string of the molecule is CC(C)CCn1cc(C(=O)N2CCC[C@H](C(=O)O)[C@@H]2C)nn1. The van der Waals surface area contributed by atoms with Gasteiger partial charge in [-0.1, -0.05) is 19.1 Å². The number of aliphatic carboxylic acids is 1. The quantitative estimate of drug-likeness (QED) is 0.893. The van der Waals surface area contributed by atoms with Crippen molar-refractivity contribution >= 4 is 11.9 Å². The van der Waals surface area contributed by atoms with Gasteiger partial charge in [-0.25, -0.2) is 0 Å². The largest absolute Gasteiger partial charge is 0.481 e. The third kappa shape index (κ3) is 3.64. The number of aryl methyl sites for hydroxylation is 1. The molecule has 0 aliphatic carbocycles. The second kappa shape index (κ2) is 6.89. The second-order valence-corrected chi connectivity index (χ2v) is 6.38. The third-order valence-electron chi connectivity index (χ3n) is 4.26. The Morgan fingerprint density at radius 2 is 2.18 bits per heavy atom. The molecule has 2 heterocycles. The van der Waals surface area contributed by atoms with Crippen LogP contribution in [0.3, 0.4) is 0 Å². The van der Waals surface area contributed by atoms with Crippen LogP contribution in [0.1, 0.15) is 50.5 Å². The van der Waals surface area contributed by atoms with Crippen LogP contribution in [0.5, 0.6) is 0 Å². The fourth-order valence-corrected chi connectivity index (χ4v) is 2.80. The maximum Gasteiger partial charge on any atom is 0.308 e. The summed E-state index contributed by atoms with van der Waals surface area (Å²) in [4.78, 5) is 25.4. The van der Waals surface area contributed by atoms with Gasteiger partial charge in [0.1, 0.15) is 0 Å². The van der Waals surface area contributed by atoms with E-state index in [-0.39, 0.29) is 11.9 Å². The maximum atomic E-state index is 12.5. The van der Waals surface area contributed by atoms with Crippen molar-refractivity contribution in [1.29, 1.82) is 0 Å². The zero-order valence-corrected chi connectivity index (χ0v) is 13.4. The molecule has 1 aliphatic heterocycles. The Morgan fingerprint density at radius 1 is 1.45 bits per heavy atom. The molecule has 1 aliphatic rings. The van der Waals surface area contributed by atoms with Gasteiger partial charge < -0.3 is 10.0 Å². The van der Waals surface area contributed by atoms with Gasteiger partial charge in [-0.3, -0.25) is 14.3 Å². The number of carboxylic acids is 1. The summed E-state index contributed by atoms with van der Waals surface area (Å²) in [7, 11) is 0. The van der Waals surface area contributed by atoms with E-state index in [2.05, 4.69) is 24.2 Å². The van der Waals surface area contributed by atoms with E-state index in [1.165, 1.54) is 0 Å². The molecule has 1 fully saturated rings. The number of piperidine rings is 1. The first-order valence-electron chi connectivity index (χ1n) is 7.84. The van der Waals surface area contributed by atoms with Crippen molar-refractivity contribution in [2.24, 2.45) is 11.8 Å². The van der Waals surface area contributed by atoms with Gasteiger partial charge in [-0.05, 0) is 32.1 Å². The molecule has 2 rings (SSSR count). The van der Waals surface area contributed by atoms with Crippen LogP contribution in [0.2, 0.25) is 0 Å². The molecular weight excluding hydrogens is 284 g/mol. The molecule has 7 heteroatoms. The maximum absolute atomic E-state index is 12.5. The minimum absolute atomic E-state index is 0.228. The number of carboxylic acid groups (broad SMARTS) is 1. The normalized spacial score (nSPS) is 22.1. The number of rotatable bonds is 5. The molecule has 1 amide bonds. The van der Waals surface area contributed by atoms with Gasteiger partial charge in [-0.2, -0.15) is 0 Å². The third-order valence-corrected chi connectivity index (χ3v) is 4.26. The number of likely N-dealkylation sites (tertiary alicyclic amines) is 1. The number of carbonyl (C=O) groups excluding carboxylic acids is 1. The zero-order chi connectivity index (χ0) is 16.3. The number of carbonyl (C=O) groups is 2. The molecule has 0 radical (unpaired) electrons. The number of hydrogen-bond donors (Lipinski definition) is 1. The topological polar surface area (TPSA) is 88.3 Å². The summed E-state index contributed by atoms with van der Waals surface area (Å²) < 4.78 is 1.68. The van der Waals surface area contributed by atoms with E-state index in [9.17, 15) is 14.7 Å². The van der Waals surface area contributed by atoms with Gasteiger partial charge in [0.25, 0.3) is 5.91 Å². The predicted octanol–water partition coefficient (Wildman–Crippen LogP) is 1.65. The predicted molar refractivity (Wildman–Crippen MR) is 80.3 cm³/mol. The van der Waals surface area contributed by atoms with Gasteiger partial charge >= 0.3 is 5.97 Å². The Bertz CT molecular complexity index is 541. The first kappa shape index (κ1) is 16.5. The number of amides is 1. The second-order valence-electron chi connectivity index (χ2n) is 6.38. The van der Waals surface area contributed by atoms with Crippen LogP contribution in [0, 0.1) is 11.8 Å². The highest BCUT2D eigenvalue weighted by Crippen LogP contribution is 2.25. The fourth-order valence-electron chi connectivity index (χ4n) is 2.80. The Morgan fingerprint density at radius 3 is 2.82 bits per heavy atom. The zero-order valence-electron chi connectivity index (χ0n) is 13.4. The smallest absolute Gasteiger partial charge is 0.308 e. The average Bonchev–Trinajstić information content (AvgIpc) is 2.93. The van der Waals surface area contributed by atoms with E-state index < -0.39 is 11.9 Å². The molecule has 0 bridgehead atoms. The summed E-state index contributed by atoms with van der Waals surface area (Å²) in [5.41, 5.74) is 0.293. The lowest BCUT2D eigenvalue weighted by Gasteiger charge is -2.36. The lowest BCUT2D eigenvalue weighted by atomic mass is 9.90. The monoisotopic (exact) mass is 308 g/mol. The van der Waals surface area contributed by atoms with Crippen LogP contribution in [-0.4, -0.2) is 49.5 Å². The van der Waals surface area contributed by atoms with Gasteiger partial charge in [-0.15, -0.1) is 5.10 Å².